The third-order valence-electron chi connectivity index (χ3n) is 2.09. The van der Waals surface area contributed by atoms with E-state index in [0.717, 1.165) is 5.56 Å². The summed E-state index contributed by atoms with van der Waals surface area (Å²) in [5.74, 6) is -0.375. The van der Waals surface area contributed by atoms with Crippen LogP contribution >= 0.6 is 0 Å². The Labute approximate surface area is 95.2 Å². The van der Waals surface area contributed by atoms with Gasteiger partial charge in [0.15, 0.2) is 0 Å². The molecule has 1 rings (SSSR count). The molecule has 0 aliphatic carbocycles. The number of amides is 1. The molecule has 1 N–H and O–H groups in total. The first-order valence-electron chi connectivity index (χ1n) is 5.23. The third kappa shape index (κ3) is 3.50. The lowest BCUT2D eigenvalue weighted by Crippen LogP contribution is -2.31. The van der Waals surface area contributed by atoms with E-state index in [1.165, 1.54) is 12.1 Å². The highest BCUT2D eigenvalue weighted by molar-refractivity contribution is 5.79. The SMILES string of the molecule is C=Cc1cc(CC(=O)NC(C)C)ccc1F. The van der Waals surface area contributed by atoms with Crippen molar-refractivity contribution < 1.29 is 9.18 Å². The number of carbonyl (C=O) groups excluding carboxylic acids is 1. The summed E-state index contributed by atoms with van der Waals surface area (Å²) in [7, 11) is 0. The average Bonchev–Trinajstić information content (AvgIpc) is 2.19. The standard InChI is InChI=1S/C13H16FNO/c1-4-11-7-10(5-6-12(11)14)8-13(16)15-9(2)3/h4-7,9H,1,8H2,2-3H3,(H,15,16). The summed E-state index contributed by atoms with van der Waals surface area (Å²) < 4.78 is 13.1. The highest BCUT2D eigenvalue weighted by Gasteiger charge is 2.06. The number of carbonyl (C=O) groups is 1. The van der Waals surface area contributed by atoms with Crippen LogP contribution in [0.15, 0.2) is 24.8 Å². The number of rotatable bonds is 4. The lowest BCUT2D eigenvalue weighted by Gasteiger charge is -2.08. The molecule has 0 aromatic heterocycles. The molecule has 0 spiro atoms. The lowest BCUT2D eigenvalue weighted by atomic mass is 10.1. The van der Waals surface area contributed by atoms with Gasteiger partial charge in [0, 0.05) is 11.6 Å². The predicted molar refractivity (Wildman–Crippen MR) is 63.5 cm³/mol. The van der Waals surface area contributed by atoms with E-state index in [9.17, 15) is 9.18 Å². The maximum Gasteiger partial charge on any atom is 0.224 e. The Kier molecular flexibility index (Phi) is 4.23. The zero-order chi connectivity index (χ0) is 12.1. The molecule has 0 aliphatic heterocycles. The van der Waals surface area contributed by atoms with Crippen molar-refractivity contribution in [3.63, 3.8) is 0 Å². The number of hydrogen-bond donors (Lipinski definition) is 1. The second-order valence-electron chi connectivity index (χ2n) is 3.96. The fourth-order valence-electron chi connectivity index (χ4n) is 1.42. The smallest absolute Gasteiger partial charge is 0.224 e. The molecule has 0 bridgehead atoms. The Morgan fingerprint density at radius 3 is 2.81 bits per heavy atom. The van der Waals surface area contributed by atoms with E-state index < -0.39 is 0 Å². The van der Waals surface area contributed by atoms with Crippen LogP contribution < -0.4 is 5.32 Å². The van der Waals surface area contributed by atoms with Crippen LogP contribution in [0.1, 0.15) is 25.0 Å². The Morgan fingerprint density at radius 2 is 2.25 bits per heavy atom. The molecule has 0 heterocycles. The van der Waals surface area contributed by atoms with Crippen molar-refractivity contribution in [1.29, 1.82) is 0 Å². The molecule has 0 aliphatic rings. The summed E-state index contributed by atoms with van der Waals surface area (Å²) in [5, 5.41) is 2.78. The van der Waals surface area contributed by atoms with Crippen molar-refractivity contribution in [2.24, 2.45) is 0 Å². The topological polar surface area (TPSA) is 29.1 Å². The second kappa shape index (κ2) is 5.45. The van der Waals surface area contributed by atoms with Gasteiger partial charge in [-0.25, -0.2) is 4.39 Å². The van der Waals surface area contributed by atoms with Crippen molar-refractivity contribution in [2.75, 3.05) is 0 Å². The van der Waals surface area contributed by atoms with Gasteiger partial charge in [0.05, 0.1) is 6.42 Å². The number of halogens is 1. The minimum atomic E-state index is -0.317. The van der Waals surface area contributed by atoms with Crippen LogP contribution in [0, 0.1) is 5.82 Å². The molecule has 1 aromatic rings. The average molecular weight is 221 g/mol. The maximum absolute atomic E-state index is 13.1. The number of hydrogen-bond acceptors (Lipinski definition) is 1. The number of nitrogens with one attached hydrogen (secondary N) is 1. The van der Waals surface area contributed by atoms with Crippen molar-refractivity contribution in [3.8, 4) is 0 Å². The van der Waals surface area contributed by atoms with Gasteiger partial charge < -0.3 is 5.32 Å². The van der Waals surface area contributed by atoms with Crippen LogP contribution in [0.3, 0.4) is 0 Å². The van der Waals surface area contributed by atoms with Crippen molar-refractivity contribution in [1.82, 2.24) is 5.32 Å². The Bertz CT molecular complexity index is 399. The molecule has 0 saturated carbocycles. The zero-order valence-electron chi connectivity index (χ0n) is 9.59. The lowest BCUT2D eigenvalue weighted by molar-refractivity contribution is -0.120. The maximum atomic E-state index is 13.1. The molecule has 1 amide bonds. The molecule has 86 valence electrons. The first kappa shape index (κ1) is 12.4. The molecule has 1 aromatic carbocycles. The van der Waals surface area contributed by atoms with Gasteiger partial charge in [-0.2, -0.15) is 0 Å². The first-order chi connectivity index (χ1) is 7.52. The van der Waals surface area contributed by atoms with E-state index in [0.29, 0.717) is 5.56 Å². The van der Waals surface area contributed by atoms with E-state index in [-0.39, 0.29) is 24.2 Å². The molecule has 0 unspecified atom stereocenters. The molecule has 16 heavy (non-hydrogen) atoms. The van der Waals surface area contributed by atoms with Crippen LogP contribution in [0.4, 0.5) is 4.39 Å². The van der Waals surface area contributed by atoms with E-state index in [1.54, 1.807) is 12.1 Å². The van der Waals surface area contributed by atoms with Crippen LogP contribution in [-0.4, -0.2) is 11.9 Å². The minimum absolute atomic E-state index is 0.0587. The molecule has 3 heteroatoms. The third-order valence-corrected chi connectivity index (χ3v) is 2.09. The molecule has 0 fully saturated rings. The highest BCUT2D eigenvalue weighted by atomic mass is 19.1. The van der Waals surface area contributed by atoms with Gasteiger partial charge in [0.25, 0.3) is 0 Å². The van der Waals surface area contributed by atoms with Gasteiger partial charge in [0.1, 0.15) is 5.82 Å². The van der Waals surface area contributed by atoms with Crippen molar-refractivity contribution in [2.45, 2.75) is 26.3 Å². The Balaban J connectivity index is 2.74. The summed E-state index contributed by atoms with van der Waals surface area (Å²) in [6.07, 6.45) is 1.71. The predicted octanol–water partition coefficient (Wildman–Crippen LogP) is 2.54. The van der Waals surface area contributed by atoms with Crippen molar-refractivity contribution in [3.05, 3.63) is 41.7 Å². The fourth-order valence-corrected chi connectivity index (χ4v) is 1.42. The summed E-state index contributed by atoms with van der Waals surface area (Å²) in [6, 6.07) is 4.73. The molecular weight excluding hydrogens is 205 g/mol. The summed E-state index contributed by atoms with van der Waals surface area (Å²) >= 11 is 0. The van der Waals surface area contributed by atoms with Gasteiger partial charge in [-0.3, -0.25) is 4.79 Å². The van der Waals surface area contributed by atoms with Crippen LogP contribution in [-0.2, 0) is 11.2 Å². The molecule has 0 radical (unpaired) electrons. The Hall–Kier alpha value is -1.64. The van der Waals surface area contributed by atoms with Gasteiger partial charge in [0.2, 0.25) is 5.91 Å². The monoisotopic (exact) mass is 221 g/mol. The number of benzene rings is 1. The molecule has 0 atom stereocenters. The summed E-state index contributed by atoms with van der Waals surface area (Å²) in [4.78, 5) is 11.5. The molecular formula is C13H16FNO. The van der Waals surface area contributed by atoms with Gasteiger partial charge in [-0.05, 0) is 31.5 Å². The van der Waals surface area contributed by atoms with E-state index in [4.69, 9.17) is 0 Å². The fraction of sp³-hybridized carbons (Fsp3) is 0.308. The molecule has 0 saturated heterocycles. The van der Waals surface area contributed by atoms with E-state index in [1.807, 2.05) is 13.8 Å². The minimum Gasteiger partial charge on any atom is -0.354 e. The summed E-state index contributed by atoms with van der Waals surface area (Å²) in [5.41, 5.74) is 1.21. The van der Waals surface area contributed by atoms with Gasteiger partial charge in [-0.1, -0.05) is 18.7 Å². The van der Waals surface area contributed by atoms with Crippen LogP contribution in [0.25, 0.3) is 6.08 Å². The zero-order valence-corrected chi connectivity index (χ0v) is 9.59. The second-order valence-corrected chi connectivity index (χ2v) is 3.96. The van der Waals surface area contributed by atoms with E-state index >= 15 is 0 Å². The highest BCUT2D eigenvalue weighted by Crippen LogP contribution is 2.12. The normalized spacial score (nSPS) is 10.2. The molecule has 2 nitrogen and oxygen atoms in total. The Morgan fingerprint density at radius 1 is 1.56 bits per heavy atom. The quantitative estimate of drug-likeness (QED) is 0.831. The first-order valence-corrected chi connectivity index (χ1v) is 5.23. The van der Waals surface area contributed by atoms with Crippen LogP contribution in [0.5, 0.6) is 0 Å². The van der Waals surface area contributed by atoms with Gasteiger partial charge in [-0.15, -0.1) is 0 Å². The summed E-state index contributed by atoms with van der Waals surface area (Å²) in [6.45, 7) is 7.32. The van der Waals surface area contributed by atoms with E-state index in [2.05, 4.69) is 11.9 Å². The largest absolute Gasteiger partial charge is 0.354 e. The van der Waals surface area contributed by atoms with Gasteiger partial charge >= 0.3 is 0 Å². The van der Waals surface area contributed by atoms with Crippen LogP contribution in [0.2, 0.25) is 0 Å². The van der Waals surface area contributed by atoms with Crippen molar-refractivity contribution >= 4 is 12.0 Å².